The van der Waals surface area contributed by atoms with E-state index in [0.717, 1.165) is 16.6 Å². The summed E-state index contributed by atoms with van der Waals surface area (Å²) < 4.78 is 0. The highest BCUT2D eigenvalue weighted by molar-refractivity contribution is 5.92. The Morgan fingerprint density at radius 2 is 2.08 bits per heavy atom. The number of aromatic amines is 1. The summed E-state index contributed by atoms with van der Waals surface area (Å²) in [7, 11) is 0. The van der Waals surface area contributed by atoms with E-state index in [4.69, 9.17) is 5.73 Å². The molecule has 0 aliphatic heterocycles. The molecule has 2 aromatic heterocycles. The summed E-state index contributed by atoms with van der Waals surface area (Å²) >= 11 is 0. The van der Waals surface area contributed by atoms with E-state index in [0.29, 0.717) is 12.2 Å². The van der Waals surface area contributed by atoms with Gasteiger partial charge in [0.1, 0.15) is 11.4 Å². The monoisotopic (exact) mass is 323 g/mol. The van der Waals surface area contributed by atoms with Crippen molar-refractivity contribution in [3.8, 4) is 11.4 Å². The molecular weight excluding hydrogens is 302 g/mol. The Balaban J connectivity index is 1.87. The van der Waals surface area contributed by atoms with Crippen LogP contribution in [-0.2, 0) is 0 Å². The van der Waals surface area contributed by atoms with Crippen molar-refractivity contribution in [2.24, 2.45) is 5.73 Å². The molecule has 0 saturated heterocycles. The first kappa shape index (κ1) is 16.1. The lowest BCUT2D eigenvalue weighted by atomic mass is 10.1. The summed E-state index contributed by atoms with van der Waals surface area (Å²) in [6.45, 7) is 6.11. The van der Waals surface area contributed by atoms with E-state index in [1.54, 1.807) is 6.20 Å². The number of amides is 1. The van der Waals surface area contributed by atoms with Gasteiger partial charge >= 0.3 is 0 Å². The van der Waals surface area contributed by atoms with Crippen LogP contribution in [-0.4, -0.2) is 32.9 Å². The van der Waals surface area contributed by atoms with Crippen molar-refractivity contribution < 1.29 is 4.79 Å². The molecule has 0 radical (unpaired) electrons. The zero-order valence-electron chi connectivity index (χ0n) is 14.1. The summed E-state index contributed by atoms with van der Waals surface area (Å²) in [5, 5.41) is 3.88. The van der Waals surface area contributed by atoms with Gasteiger partial charge in [0, 0.05) is 23.0 Å². The van der Waals surface area contributed by atoms with E-state index >= 15 is 0 Å². The van der Waals surface area contributed by atoms with Crippen LogP contribution in [0.25, 0.3) is 22.3 Å². The number of aromatic nitrogens is 3. The molecule has 0 saturated carbocycles. The molecule has 3 aromatic rings. The molecule has 124 valence electrons. The van der Waals surface area contributed by atoms with Crippen LogP contribution in [0.4, 0.5) is 0 Å². The predicted molar refractivity (Wildman–Crippen MR) is 94.7 cm³/mol. The van der Waals surface area contributed by atoms with E-state index < -0.39 is 5.54 Å². The lowest BCUT2D eigenvalue weighted by Gasteiger charge is -2.18. The summed E-state index contributed by atoms with van der Waals surface area (Å²) in [6, 6.07) is 8.19. The second kappa shape index (κ2) is 6.05. The summed E-state index contributed by atoms with van der Waals surface area (Å²) in [5.41, 5.74) is 9.35. The average Bonchev–Trinajstić information content (AvgIpc) is 2.95. The van der Waals surface area contributed by atoms with Crippen LogP contribution in [0.5, 0.6) is 0 Å². The number of benzene rings is 1. The molecule has 6 nitrogen and oxygen atoms in total. The zero-order valence-corrected chi connectivity index (χ0v) is 14.1. The number of rotatable bonds is 4. The maximum absolute atomic E-state index is 12.2. The topological polar surface area (TPSA) is 96.7 Å². The largest absolute Gasteiger partial charge is 0.353 e. The van der Waals surface area contributed by atoms with Crippen LogP contribution < -0.4 is 11.1 Å². The Morgan fingerprint density at radius 1 is 1.29 bits per heavy atom. The third kappa shape index (κ3) is 3.60. The van der Waals surface area contributed by atoms with Gasteiger partial charge in [0.25, 0.3) is 5.91 Å². The van der Waals surface area contributed by atoms with Crippen LogP contribution in [0, 0.1) is 6.92 Å². The molecule has 1 amide bonds. The van der Waals surface area contributed by atoms with Gasteiger partial charge in [0.2, 0.25) is 0 Å². The first-order chi connectivity index (χ1) is 11.3. The zero-order chi connectivity index (χ0) is 17.3. The van der Waals surface area contributed by atoms with Crippen molar-refractivity contribution in [1.82, 2.24) is 20.3 Å². The SMILES string of the molecule is Cc1ccc2[nH]c(-c3cncc(C(=O)NCC(C)(C)N)n3)cc2c1. The molecule has 0 unspecified atom stereocenters. The number of carbonyl (C=O) groups is 1. The number of fused-ring (bicyclic) bond motifs is 1. The highest BCUT2D eigenvalue weighted by atomic mass is 16.1. The molecule has 3 rings (SSSR count). The van der Waals surface area contributed by atoms with Crippen LogP contribution >= 0.6 is 0 Å². The highest BCUT2D eigenvalue weighted by Crippen LogP contribution is 2.23. The van der Waals surface area contributed by atoms with E-state index in [9.17, 15) is 4.79 Å². The van der Waals surface area contributed by atoms with Crippen molar-refractivity contribution >= 4 is 16.8 Å². The summed E-state index contributed by atoms with van der Waals surface area (Å²) in [6.07, 6.45) is 3.09. The molecule has 6 heteroatoms. The number of hydrogen-bond acceptors (Lipinski definition) is 4. The van der Waals surface area contributed by atoms with Crippen LogP contribution in [0.15, 0.2) is 36.7 Å². The predicted octanol–water partition coefficient (Wildman–Crippen LogP) is 2.40. The molecule has 0 atom stereocenters. The third-order valence-corrected chi connectivity index (χ3v) is 3.62. The lowest BCUT2D eigenvalue weighted by Crippen LogP contribution is -2.45. The highest BCUT2D eigenvalue weighted by Gasteiger charge is 2.15. The summed E-state index contributed by atoms with van der Waals surface area (Å²) in [5.74, 6) is -0.283. The number of hydrogen-bond donors (Lipinski definition) is 3. The van der Waals surface area contributed by atoms with E-state index in [-0.39, 0.29) is 11.6 Å². The Morgan fingerprint density at radius 3 is 2.83 bits per heavy atom. The van der Waals surface area contributed by atoms with Crippen molar-refractivity contribution in [3.63, 3.8) is 0 Å². The van der Waals surface area contributed by atoms with Gasteiger partial charge in [0.05, 0.1) is 18.1 Å². The molecule has 0 aliphatic rings. The number of nitrogens with zero attached hydrogens (tertiary/aromatic N) is 2. The summed E-state index contributed by atoms with van der Waals surface area (Å²) in [4.78, 5) is 24.1. The third-order valence-electron chi connectivity index (χ3n) is 3.62. The Bertz CT molecular complexity index is 892. The van der Waals surface area contributed by atoms with Gasteiger partial charge in [-0.05, 0) is 39.0 Å². The molecule has 0 spiro atoms. The van der Waals surface area contributed by atoms with Crippen molar-refractivity contribution in [2.45, 2.75) is 26.3 Å². The van der Waals surface area contributed by atoms with Crippen molar-refractivity contribution in [2.75, 3.05) is 6.54 Å². The van der Waals surface area contributed by atoms with Gasteiger partial charge in [-0.15, -0.1) is 0 Å². The molecule has 2 heterocycles. The molecule has 0 fully saturated rings. The fourth-order valence-electron chi connectivity index (χ4n) is 2.39. The van der Waals surface area contributed by atoms with Crippen LogP contribution in [0.2, 0.25) is 0 Å². The standard InChI is InChI=1S/C18H21N5O/c1-11-4-5-13-12(6-11)7-14(22-13)15-8-20-9-16(23-15)17(24)21-10-18(2,3)19/h4-9,22H,10,19H2,1-3H3,(H,21,24). The minimum Gasteiger partial charge on any atom is -0.353 e. The van der Waals surface area contributed by atoms with Crippen LogP contribution in [0.3, 0.4) is 0 Å². The molecule has 0 bridgehead atoms. The van der Waals surface area contributed by atoms with Crippen molar-refractivity contribution in [3.05, 3.63) is 47.9 Å². The maximum Gasteiger partial charge on any atom is 0.271 e. The van der Waals surface area contributed by atoms with Crippen LogP contribution in [0.1, 0.15) is 29.9 Å². The van der Waals surface area contributed by atoms with Gasteiger partial charge in [-0.1, -0.05) is 11.6 Å². The first-order valence-electron chi connectivity index (χ1n) is 7.81. The van der Waals surface area contributed by atoms with Gasteiger partial charge in [-0.2, -0.15) is 0 Å². The van der Waals surface area contributed by atoms with Gasteiger partial charge in [0.15, 0.2) is 0 Å². The number of carbonyl (C=O) groups excluding carboxylic acids is 1. The fraction of sp³-hybridized carbons (Fsp3) is 0.278. The molecule has 4 N–H and O–H groups in total. The number of aryl methyl sites for hydroxylation is 1. The smallest absolute Gasteiger partial charge is 0.271 e. The van der Waals surface area contributed by atoms with Gasteiger partial charge in [-0.3, -0.25) is 9.78 Å². The minimum atomic E-state index is -0.476. The normalized spacial score (nSPS) is 11.7. The van der Waals surface area contributed by atoms with Gasteiger partial charge < -0.3 is 16.0 Å². The molecule has 0 aliphatic carbocycles. The van der Waals surface area contributed by atoms with Crippen molar-refractivity contribution in [1.29, 1.82) is 0 Å². The fourth-order valence-corrected chi connectivity index (χ4v) is 2.39. The first-order valence-corrected chi connectivity index (χ1v) is 7.81. The number of nitrogens with one attached hydrogen (secondary N) is 2. The molecule has 1 aromatic carbocycles. The lowest BCUT2D eigenvalue weighted by molar-refractivity contribution is 0.0940. The quantitative estimate of drug-likeness (QED) is 0.687. The Labute approximate surface area is 140 Å². The second-order valence-electron chi connectivity index (χ2n) is 6.73. The average molecular weight is 323 g/mol. The van der Waals surface area contributed by atoms with E-state index in [2.05, 4.69) is 33.3 Å². The maximum atomic E-state index is 12.2. The molecular formula is C18H21N5O. The van der Waals surface area contributed by atoms with E-state index in [1.165, 1.54) is 11.8 Å². The second-order valence-corrected chi connectivity index (χ2v) is 6.73. The Kier molecular flexibility index (Phi) is 4.07. The van der Waals surface area contributed by atoms with E-state index in [1.807, 2.05) is 32.0 Å². The minimum absolute atomic E-state index is 0.270. The number of H-pyrrole nitrogens is 1. The number of nitrogens with two attached hydrogens (primary N) is 1. The molecule has 24 heavy (non-hydrogen) atoms. The van der Waals surface area contributed by atoms with Gasteiger partial charge in [-0.25, -0.2) is 4.98 Å². The Hall–Kier alpha value is -2.73.